The van der Waals surface area contributed by atoms with Crippen LogP contribution in [-0.2, 0) is 0 Å². The van der Waals surface area contributed by atoms with Gasteiger partial charge in [0, 0.05) is 16.2 Å². The summed E-state index contributed by atoms with van der Waals surface area (Å²) < 4.78 is 0. The van der Waals surface area contributed by atoms with Crippen molar-refractivity contribution in [3.63, 3.8) is 0 Å². The largest absolute Gasteiger partial charge is 0.196 e. The molecule has 0 amide bonds. The van der Waals surface area contributed by atoms with Gasteiger partial charge in [0.15, 0.2) is 10.8 Å². The molecule has 1 saturated carbocycles. The van der Waals surface area contributed by atoms with Crippen LogP contribution in [0.3, 0.4) is 0 Å². The summed E-state index contributed by atoms with van der Waals surface area (Å²) in [6.07, 6.45) is 2.08. The Morgan fingerprint density at radius 3 is 1.50 bits per heavy atom. The summed E-state index contributed by atoms with van der Waals surface area (Å²) >= 11 is 0. The van der Waals surface area contributed by atoms with Crippen LogP contribution in [0.4, 0.5) is 0 Å². The molecule has 0 radical (unpaired) electrons. The van der Waals surface area contributed by atoms with Crippen LogP contribution in [0.1, 0.15) is 48.5 Å². The highest BCUT2D eigenvalue weighted by Gasteiger charge is 2.89. The van der Waals surface area contributed by atoms with Crippen molar-refractivity contribution in [3.8, 4) is 24.3 Å². The van der Waals surface area contributed by atoms with E-state index in [2.05, 4.69) is 30.4 Å². The number of nitrogens with zero attached hydrogens (tertiary/aromatic N) is 4. The molecule has 3 aliphatic carbocycles. The molecule has 0 aromatic carbocycles. The molecular formula is C22H22N4. The maximum atomic E-state index is 10.3. The van der Waals surface area contributed by atoms with E-state index in [1.54, 1.807) is 0 Å². The van der Waals surface area contributed by atoms with Gasteiger partial charge in [0.25, 0.3) is 0 Å². The monoisotopic (exact) mass is 342 g/mol. The van der Waals surface area contributed by atoms with E-state index < -0.39 is 27.1 Å². The van der Waals surface area contributed by atoms with Crippen molar-refractivity contribution in [2.45, 2.75) is 48.5 Å². The van der Waals surface area contributed by atoms with Crippen molar-refractivity contribution in [2.75, 3.05) is 0 Å². The van der Waals surface area contributed by atoms with E-state index >= 15 is 0 Å². The van der Waals surface area contributed by atoms with Crippen molar-refractivity contribution >= 4 is 0 Å². The van der Waals surface area contributed by atoms with Crippen molar-refractivity contribution in [3.05, 3.63) is 33.9 Å². The standard InChI is InChI=1S/C22H22N4/c1-13-8-17-15(3)14(2)16(4)19(6)20(17,7)18(13,5)21(9-23,10-24)22(19,11-25)12-26/h8H,1-7H3/t18-,19+,20+/m1/s1. The first-order valence-electron chi connectivity index (χ1n) is 8.72. The molecule has 26 heavy (non-hydrogen) atoms. The molecular weight excluding hydrogens is 320 g/mol. The van der Waals surface area contributed by atoms with E-state index in [1.807, 2.05) is 48.5 Å². The highest BCUT2D eigenvalue weighted by Crippen LogP contribution is 2.86. The van der Waals surface area contributed by atoms with Crippen LogP contribution in [0.15, 0.2) is 33.9 Å². The molecule has 3 atom stereocenters. The predicted molar refractivity (Wildman–Crippen MR) is 96.5 cm³/mol. The molecule has 0 aromatic rings. The van der Waals surface area contributed by atoms with Gasteiger partial charge in [0.05, 0.1) is 24.3 Å². The van der Waals surface area contributed by atoms with Gasteiger partial charge in [-0.1, -0.05) is 38.0 Å². The number of rotatable bonds is 0. The molecule has 4 heteroatoms. The Morgan fingerprint density at radius 1 is 0.654 bits per heavy atom. The van der Waals surface area contributed by atoms with E-state index in [1.165, 1.54) is 0 Å². The van der Waals surface area contributed by atoms with Crippen molar-refractivity contribution in [1.82, 2.24) is 0 Å². The summed E-state index contributed by atoms with van der Waals surface area (Å²) in [5, 5.41) is 41.2. The van der Waals surface area contributed by atoms with Crippen LogP contribution in [0.25, 0.3) is 0 Å². The first-order valence-corrected chi connectivity index (χ1v) is 8.72. The second-order valence-electron chi connectivity index (χ2n) is 8.44. The van der Waals surface area contributed by atoms with Gasteiger partial charge >= 0.3 is 0 Å². The normalized spacial score (nSPS) is 38.7. The minimum atomic E-state index is -1.78. The third-order valence-electron chi connectivity index (χ3n) is 8.70. The molecule has 0 spiro atoms. The summed E-state index contributed by atoms with van der Waals surface area (Å²) in [6, 6.07) is 8.75. The minimum absolute atomic E-state index is 0.700. The molecule has 0 heterocycles. The molecule has 0 saturated heterocycles. The quantitative estimate of drug-likeness (QED) is 0.636. The first kappa shape index (κ1) is 18.0. The molecule has 1 fully saturated rings. The topological polar surface area (TPSA) is 95.2 Å². The van der Waals surface area contributed by atoms with E-state index in [4.69, 9.17) is 0 Å². The van der Waals surface area contributed by atoms with Gasteiger partial charge in [0.1, 0.15) is 0 Å². The molecule has 0 aromatic heterocycles. The fourth-order valence-corrected chi connectivity index (χ4v) is 6.56. The first-order chi connectivity index (χ1) is 12.0. The van der Waals surface area contributed by atoms with Crippen LogP contribution < -0.4 is 0 Å². The average molecular weight is 342 g/mol. The van der Waals surface area contributed by atoms with Crippen LogP contribution in [0.2, 0.25) is 0 Å². The molecule has 0 unspecified atom stereocenters. The maximum absolute atomic E-state index is 10.3. The van der Waals surface area contributed by atoms with Crippen molar-refractivity contribution < 1.29 is 0 Å². The third kappa shape index (κ3) is 1.11. The highest BCUT2D eigenvalue weighted by atomic mass is 14.9. The number of hydrogen-bond acceptors (Lipinski definition) is 4. The van der Waals surface area contributed by atoms with Gasteiger partial charge in [-0.25, -0.2) is 0 Å². The summed E-state index contributed by atoms with van der Waals surface area (Å²) in [6.45, 7) is 13.8. The lowest BCUT2D eigenvalue weighted by Gasteiger charge is -2.53. The fraction of sp³-hybridized carbons (Fsp3) is 0.545. The molecule has 0 bridgehead atoms. The second-order valence-corrected chi connectivity index (χ2v) is 8.44. The lowest BCUT2D eigenvalue weighted by atomic mass is 9.48. The van der Waals surface area contributed by atoms with Gasteiger partial charge in [-0.05, 0) is 44.4 Å². The van der Waals surface area contributed by atoms with E-state index in [-0.39, 0.29) is 0 Å². The average Bonchev–Trinajstić information content (AvgIpc) is 2.92. The molecule has 3 rings (SSSR count). The minimum Gasteiger partial charge on any atom is -0.196 e. The summed E-state index contributed by atoms with van der Waals surface area (Å²) in [5.74, 6) is 0. The third-order valence-corrected chi connectivity index (χ3v) is 8.70. The summed E-state index contributed by atoms with van der Waals surface area (Å²) in [5.41, 5.74) is -1.15. The lowest BCUT2D eigenvalue weighted by Crippen LogP contribution is -2.50. The highest BCUT2D eigenvalue weighted by molar-refractivity contribution is 5.68. The Balaban J connectivity index is 2.75. The zero-order valence-corrected chi connectivity index (χ0v) is 16.4. The van der Waals surface area contributed by atoms with E-state index in [0.29, 0.717) is 0 Å². The Hall–Kier alpha value is -2.82. The Labute approximate surface area is 155 Å². The Bertz CT molecular complexity index is 998. The zero-order valence-electron chi connectivity index (χ0n) is 16.4. The number of nitriles is 4. The molecule has 130 valence electrons. The van der Waals surface area contributed by atoms with E-state index in [0.717, 1.165) is 27.9 Å². The summed E-state index contributed by atoms with van der Waals surface area (Å²) in [4.78, 5) is 0. The number of hydrogen-bond donors (Lipinski definition) is 0. The van der Waals surface area contributed by atoms with Crippen LogP contribution in [0, 0.1) is 72.4 Å². The smallest absolute Gasteiger partial charge is 0.186 e. The maximum Gasteiger partial charge on any atom is 0.186 e. The molecule has 0 aliphatic heterocycles. The zero-order chi connectivity index (χ0) is 19.9. The van der Waals surface area contributed by atoms with Crippen LogP contribution >= 0.6 is 0 Å². The van der Waals surface area contributed by atoms with Gasteiger partial charge in [-0.2, -0.15) is 21.0 Å². The Kier molecular flexibility index (Phi) is 3.09. The second kappa shape index (κ2) is 4.47. The molecule has 4 nitrogen and oxygen atoms in total. The van der Waals surface area contributed by atoms with Gasteiger partial charge in [-0.3, -0.25) is 0 Å². The van der Waals surface area contributed by atoms with Gasteiger partial charge < -0.3 is 0 Å². The predicted octanol–water partition coefficient (Wildman–Crippen LogP) is 4.71. The van der Waals surface area contributed by atoms with E-state index in [9.17, 15) is 21.0 Å². The fourth-order valence-electron chi connectivity index (χ4n) is 6.56. The molecule has 0 N–H and O–H groups in total. The van der Waals surface area contributed by atoms with Crippen LogP contribution in [-0.4, -0.2) is 0 Å². The van der Waals surface area contributed by atoms with Gasteiger partial charge in [0.2, 0.25) is 0 Å². The number of allylic oxidation sites excluding steroid dienone is 6. The SMILES string of the molecule is CC1=CC2=C(C)C(C)=C(C)[C@]3(C)C(C#N)(C#N)C(C#N)(C#N)[C@@]1(C)[C@]23C. The molecule has 3 aliphatic rings. The van der Waals surface area contributed by atoms with Gasteiger partial charge in [-0.15, -0.1) is 0 Å². The van der Waals surface area contributed by atoms with Crippen molar-refractivity contribution in [1.29, 1.82) is 21.0 Å². The Morgan fingerprint density at radius 2 is 1.08 bits per heavy atom. The van der Waals surface area contributed by atoms with Crippen molar-refractivity contribution in [2.24, 2.45) is 27.1 Å². The van der Waals surface area contributed by atoms with Crippen LogP contribution in [0.5, 0.6) is 0 Å². The summed E-state index contributed by atoms with van der Waals surface area (Å²) in [7, 11) is 0. The lowest BCUT2D eigenvalue weighted by molar-refractivity contribution is 0.0823.